The zero-order valence-electron chi connectivity index (χ0n) is 16.8. The van der Waals surface area contributed by atoms with Crippen LogP contribution in [0.25, 0.3) is 0 Å². The number of anilines is 3. The molecule has 0 aliphatic carbocycles. The van der Waals surface area contributed by atoms with E-state index in [2.05, 4.69) is 20.6 Å². The van der Waals surface area contributed by atoms with Crippen molar-refractivity contribution in [3.05, 3.63) is 70.0 Å². The van der Waals surface area contributed by atoms with Crippen molar-refractivity contribution in [3.8, 4) is 17.6 Å². The Labute approximate surface area is 177 Å². The zero-order valence-corrected chi connectivity index (χ0v) is 16.8. The number of methoxy groups -OCH3 is 2. The van der Waals surface area contributed by atoms with E-state index in [1.807, 2.05) is 6.07 Å². The molecule has 1 aliphatic heterocycles. The minimum absolute atomic E-state index is 0.122. The first-order valence-corrected chi connectivity index (χ1v) is 9.43. The van der Waals surface area contributed by atoms with Gasteiger partial charge in [0, 0.05) is 11.6 Å². The minimum Gasteiger partial charge on any atom is -0.497 e. The molecule has 2 aromatic carbocycles. The molecule has 0 saturated heterocycles. The summed E-state index contributed by atoms with van der Waals surface area (Å²) in [5, 5.41) is 15.2. The maximum atomic E-state index is 13.0. The Hall–Kier alpha value is -4.32. The summed E-state index contributed by atoms with van der Waals surface area (Å²) < 4.78 is 10.3. The number of rotatable bonds is 5. The lowest BCUT2D eigenvalue weighted by atomic mass is 9.79. The fourth-order valence-corrected chi connectivity index (χ4v) is 3.55. The maximum Gasteiger partial charge on any atom is 0.258 e. The van der Waals surface area contributed by atoms with Crippen molar-refractivity contribution in [2.45, 2.75) is 5.92 Å². The predicted molar refractivity (Wildman–Crippen MR) is 114 cm³/mol. The number of hydrogen-bond acceptors (Lipinski definition) is 7. The van der Waals surface area contributed by atoms with Crippen LogP contribution in [0.4, 0.5) is 17.5 Å². The summed E-state index contributed by atoms with van der Waals surface area (Å²) >= 11 is 0. The molecule has 9 heteroatoms. The number of hydrogen-bond donors (Lipinski definition) is 3. The van der Waals surface area contributed by atoms with Crippen LogP contribution in [0.1, 0.15) is 17.0 Å². The molecule has 9 nitrogen and oxygen atoms in total. The van der Waals surface area contributed by atoms with Gasteiger partial charge in [-0.25, -0.2) is 0 Å². The van der Waals surface area contributed by atoms with Crippen LogP contribution in [-0.2, 0) is 4.79 Å². The van der Waals surface area contributed by atoms with Crippen LogP contribution in [0.2, 0.25) is 0 Å². The third kappa shape index (κ3) is 3.79. The van der Waals surface area contributed by atoms with Crippen molar-refractivity contribution >= 4 is 23.4 Å². The number of H-pyrrole nitrogens is 1. The summed E-state index contributed by atoms with van der Waals surface area (Å²) in [7, 11) is 3.11. The predicted octanol–water partition coefficient (Wildman–Crippen LogP) is 2.75. The van der Waals surface area contributed by atoms with E-state index in [9.17, 15) is 14.9 Å². The van der Waals surface area contributed by atoms with Crippen molar-refractivity contribution in [2.24, 2.45) is 5.92 Å². The summed E-state index contributed by atoms with van der Waals surface area (Å²) in [6, 6.07) is 16.0. The molecule has 0 bridgehead atoms. The molecule has 0 fully saturated rings. The highest BCUT2D eigenvalue weighted by molar-refractivity contribution is 5.98. The molecular weight excluding hydrogens is 398 g/mol. The lowest BCUT2D eigenvalue weighted by Gasteiger charge is -2.28. The molecule has 0 saturated carbocycles. The van der Waals surface area contributed by atoms with Gasteiger partial charge < -0.3 is 20.1 Å². The topological polar surface area (TPSA) is 129 Å². The number of aromatic amines is 1. The molecule has 1 aromatic heterocycles. The van der Waals surface area contributed by atoms with Crippen LogP contribution in [0, 0.1) is 17.2 Å². The Morgan fingerprint density at radius 3 is 2.19 bits per heavy atom. The zero-order chi connectivity index (χ0) is 22.0. The van der Waals surface area contributed by atoms with E-state index in [1.165, 1.54) is 0 Å². The highest BCUT2D eigenvalue weighted by Gasteiger charge is 2.40. The van der Waals surface area contributed by atoms with Gasteiger partial charge in [0.25, 0.3) is 5.56 Å². The van der Waals surface area contributed by atoms with Crippen LogP contribution >= 0.6 is 0 Å². The van der Waals surface area contributed by atoms with E-state index in [1.54, 1.807) is 62.8 Å². The molecule has 2 unspecified atom stereocenters. The van der Waals surface area contributed by atoms with Gasteiger partial charge in [-0.1, -0.05) is 12.1 Å². The molecule has 0 spiro atoms. The van der Waals surface area contributed by atoms with Crippen molar-refractivity contribution < 1.29 is 14.3 Å². The monoisotopic (exact) mass is 417 g/mol. The smallest absolute Gasteiger partial charge is 0.258 e. The Morgan fingerprint density at radius 1 is 1.00 bits per heavy atom. The standard InChI is InChI=1S/C22H19N5O4/c1-30-14-7-3-12(4-8-14)17-16(11-23)20(28)25-19-18(17)21(29)27-22(26-19)24-13-5-9-15(31-2)10-6-13/h3-10,16-17H,1-2H3,(H3,24,25,26,27,28,29). The number of fused-ring (bicyclic) bond motifs is 1. The Bertz CT molecular complexity index is 1210. The molecule has 2 atom stereocenters. The largest absolute Gasteiger partial charge is 0.497 e. The van der Waals surface area contributed by atoms with Gasteiger partial charge in [-0.3, -0.25) is 14.6 Å². The number of nitriles is 1. The van der Waals surface area contributed by atoms with Crippen molar-refractivity contribution in [1.82, 2.24) is 9.97 Å². The van der Waals surface area contributed by atoms with E-state index < -0.39 is 23.3 Å². The number of aromatic nitrogens is 2. The lowest BCUT2D eigenvalue weighted by Crippen LogP contribution is -2.38. The van der Waals surface area contributed by atoms with E-state index in [0.29, 0.717) is 22.7 Å². The minimum atomic E-state index is -1.07. The van der Waals surface area contributed by atoms with Gasteiger partial charge in [0.1, 0.15) is 23.2 Å². The Balaban J connectivity index is 1.75. The number of amides is 1. The van der Waals surface area contributed by atoms with Gasteiger partial charge in [-0.05, 0) is 42.0 Å². The Morgan fingerprint density at radius 2 is 1.61 bits per heavy atom. The maximum absolute atomic E-state index is 13.0. The van der Waals surface area contributed by atoms with Crippen molar-refractivity contribution in [3.63, 3.8) is 0 Å². The highest BCUT2D eigenvalue weighted by atomic mass is 16.5. The summed E-state index contributed by atoms with van der Waals surface area (Å²) in [5.41, 5.74) is 1.11. The number of nitrogens with zero attached hydrogens (tertiary/aromatic N) is 2. The van der Waals surface area contributed by atoms with Crippen LogP contribution < -0.4 is 25.7 Å². The number of nitrogens with one attached hydrogen (secondary N) is 3. The summed E-state index contributed by atoms with van der Waals surface area (Å²) in [5.74, 6) is -0.729. The first-order valence-electron chi connectivity index (χ1n) is 9.43. The second kappa shape index (κ2) is 8.20. The molecule has 3 N–H and O–H groups in total. The van der Waals surface area contributed by atoms with Gasteiger partial charge in [-0.2, -0.15) is 10.2 Å². The van der Waals surface area contributed by atoms with E-state index in [-0.39, 0.29) is 17.3 Å². The molecule has 2 heterocycles. The van der Waals surface area contributed by atoms with Gasteiger partial charge in [0.05, 0.1) is 25.9 Å². The van der Waals surface area contributed by atoms with Crippen molar-refractivity contribution in [1.29, 1.82) is 5.26 Å². The first kappa shape index (κ1) is 20.0. The SMILES string of the molecule is COc1ccc(Nc2nc3c(c(=O)[nH]2)C(c2ccc(OC)cc2)C(C#N)C(=O)N3)cc1. The number of carbonyl (C=O) groups excluding carboxylic acids is 1. The average Bonchev–Trinajstić information content (AvgIpc) is 2.78. The first-order chi connectivity index (χ1) is 15.0. The van der Waals surface area contributed by atoms with E-state index in [0.717, 1.165) is 0 Å². The van der Waals surface area contributed by atoms with Gasteiger partial charge in [0.15, 0.2) is 0 Å². The third-order valence-electron chi connectivity index (χ3n) is 5.09. The molecular formula is C22H19N5O4. The molecule has 1 aliphatic rings. The quantitative estimate of drug-likeness (QED) is 0.582. The molecule has 3 aromatic rings. The molecule has 31 heavy (non-hydrogen) atoms. The normalized spacial score (nSPS) is 17.1. The molecule has 1 amide bonds. The van der Waals surface area contributed by atoms with Crippen LogP contribution in [0.15, 0.2) is 53.3 Å². The third-order valence-corrected chi connectivity index (χ3v) is 5.09. The van der Waals surface area contributed by atoms with Crippen molar-refractivity contribution in [2.75, 3.05) is 24.9 Å². The second-order valence-electron chi connectivity index (χ2n) is 6.88. The second-order valence-corrected chi connectivity index (χ2v) is 6.88. The van der Waals surface area contributed by atoms with E-state index >= 15 is 0 Å². The van der Waals surface area contributed by atoms with Crippen LogP contribution in [0.5, 0.6) is 11.5 Å². The van der Waals surface area contributed by atoms with Gasteiger partial charge in [-0.15, -0.1) is 0 Å². The Kier molecular flexibility index (Phi) is 5.28. The molecule has 156 valence electrons. The fraction of sp³-hybridized carbons (Fsp3) is 0.182. The summed E-state index contributed by atoms with van der Waals surface area (Å²) in [4.78, 5) is 32.7. The fourth-order valence-electron chi connectivity index (χ4n) is 3.55. The van der Waals surface area contributed by atoms with Gasteiger partial charge >= 0.3 is 0 Å². The average molecular weight is 417 g/mol. The number of benzene rings is 2. The van der Waals surface area contributed by atoms with Gasteiger partial charge in [0.2, 0.25) is 11.9 Å². The lowest BCUT2D eigenvalue weighted by molar-refractivity contribution is -0.119. The summed E-state index contributed by atoms with van der Waals surface area (Å²) in [6.07, 6.45) is 0. The van der Waals surface area contributed by atoms with Crippen LogP contribution in [-0.4, -0.2) is 30.1 Å². The number of ether oxygens (including phenoxy) is 2. The van der Waals surface area contributed by atoms with Crippen LogP contribution in [0.3, 0.4) is 0 Å². The molecule has 4 rings (SSSR count). The molecule has 0 radical (unpaired) electrons. The number of carbonyl (C=O) groups is 1. The van der Waals surface area contributed by atoms with E-state index in [4.69, 9.17) is 9.47 Å². The highest BCUT2D eigenvalue weighted by Crippen LogP contribution is 2.38. The summed E-state index contributed by atoms with van der Waals surface area (Å²) in [6.45, 7) is 0.